The Hall–Kier alpha value is -2.95. The minimum Gasteiger partial charge on any atom is -0.476 e. The van der Waals surface area contributed by atoms with Crippen molar-refractivity contribution < 1.29 is 14.7 Å². The molecule has 0 spiro atoms. The van der Waals surface area contributed by atoms with E-state index in [4.69, 9.17) is 5.11 Å². The molecule has 0 amide bonds. The predicted octanol–water partition coefficient (Wildman–Crippen LogP) is 2.42. The fraction of sp³-hybridized carbons (Fsp3) is 0. The van der Waals surface area contributed by atoms with E-state index in [2.05, 4.69) is 5.10 Å². The van der Waals surface area contributed by atoms with Crippen molar-refractivity contribution in [2.75, 3.05) is 0 Å². The van der Waals surface area contributed by atoms with Crippen LogP contribution in [0.3, 0.4) is 0 Å². The summed E-state index contributed by atoms with van der Waals surface area (Å²) < 4.78 is 1.05. The summed E-state index contributed by atoms with van der Waals surface area (Å²) in [5.41, 5.74) is 0.335. The van der Waals surface area contributed by atoms with Crippen LogP contribution in [-0.4, -0.2) is 26.8 Å². The summed E-state index contributed by atoms with van der Waals surface area (Å²) in [5, 5.41) is 14.4. The van der Waals surface area contributed by atoms with Gasteiger partial charge in [0.05, 0.1) is 0 Å². The van der Waals surface area contributed by atoms with Crippen molar-refractivity contribution in [3.63, 3.8) is 0 Å². The Labute approximate surface area is 114 Å². The fourth-order valence-corrected chi connectivity index (χ4v) is 2.09. The fourth-order valence-electron chi connectivity index (χ4n) is 2.09. The topological polar surface area (TPSA) is 72.2 Å². The lowest BCUT2D eigenvalue weighted by atomic mass is 10.0. The lowest BCUT2D eigenvalue weighted by Crippen LogP contribution is -2.14. The van der Waals surface area contributed by atoms with Crippen LogP contribution < -0.4 is 0 Å². The van der Waals surface area contributed by atoms with Gasteiger partial charge in [-0.2, -0.15) is 5.10 Å². The average molecular weight is 266 g/mol. The molecule has 0 saturated heterocycles. The van der Waals surface area contributed by atoms with Crippen molar-refractivity contribution in [1.82, 2.24) is 9.78 Å². The maximum atomic E-state index is 12.4. The van der Waals surface area contributed by atoms with E-state index in [0.29, 0.717) is 5.56 Å². The Morgan fingerprint density at radius 1 is 1.00 bits per heavy atom. The van der Waals surface area contributed by atoms with E-state index in [1.54, 1.807) is 12.1 Å². The van der Waals surface area contributed by atoms with Gasteiger partial charge in [-0.15, -0.1) is 0 Å². The molecule has 0 atom stereocenters. The smallest absolute Gasteiger partial charge is 0.356 e. The number of carboxylic acids is 1. The van der Waals surface area contributed by atoms with E-state index < -0.39 is 5.97 Å². The van der Waals surface area contributed by atoms with Gasteiger partial charge < -0.3 is 5.11 Å². The first-order valence-corrected chi connectivity index (χ1v) is 5.98. The van der Waals surface area contributed by atoms with Crippen LogP contribution in [0.1, 0.15) is 20.8 Å². The Morgan fingerprint density at radius 2 is 1.75 bits per heavy atom. The Balaban J connectivity index is 2.10. The minimum atomic E-state index is -1.16. The van der Waals surface area contributed by atoms with Crippen LogP contribution in [0, 0.1) is 0 Å². The van der Waals surface area contributed by atoms with E-state index in [1.165, 1.54) is 12.3 Å². The van der Waals surface area contributed by atoms with Crippen molar-refractivity contribution in [2.24, 2.45) is 0 Å². The monoisotopic (exact) mass is 266 g/mol. The van der Waals surface area contributed by atoms with Gasteiger partial charge in [-0.1, -0.05) is 36.4 Å². The SMILES string of the molecule is O=C(O)c1ccn(C(=O)c2cccc3ccccc23)n1. The number of fused-ring (bicyclic) bond motifs is 1. The molecule has 98 valence electrons. The van der Waals surface area contributed by atoms with Crippen molar-refractivity contribution in [2.45, 2.75) is 0 Å². The third-order valence-corrected chi connectivity index (χ3v) is 3.04. The number of aromatic nitrogens is 2. The summed E-state index contributed by atoms with van der Waals surface area (Å²) in [5.74, 6) is -1.51. The normalized spacial score (nSPS) is 10.6. The number of nitrogens with zero attached hydrogens (tertiary/aromatic N) is 2. The molecule has 0 saturated carbocycles. The standard InChI is InChI=1S/C15H10N2O3/c18-14(17-9-8-13(16-17)15(19)20)12-7-3-5-10-4-1-2-6-11(10)12/h1-9H,(H,19,20). The summed E-state index contributed by atoms with van der Waals surface area (Å²) >= 11 is 0. The zero-order valence-corrected chi connectivity index (χ0v) is 10.4. The molecule has 3 rings (SSSR count). The van der Waals surface area contributed by atoms with Gasteiger partial charge in [-0.05, 0) is 22.9 Å². The van der Waals surface area contributed by atoms with Crippen LogP contribution >= 0.6 is 0 Å². The summed E-state index contributed by atoms with van der Waals surface area (Å²) in [6.45, 7) is 0. The van der Waals surface area contributed by atoms with Crippen molar-refractivity contribution in [3.8, 4) is 0 Å². The highest BCUT2D eigenvalue weighted by atomic mass is 16.4. The molecule has 0 aliphatic heterocycles. The molecule has 1 N–H and O–H groups in total. The molecule has 1 aromatic heterocycles. The molecule has 0 radical (unpaired) electrons. The number of carboxylic acid groups (broad SMARTS) is 1. The molecule has 0 aliphatic carbocycles. The van der Waals surface area contributed by atoms with E-state index in [9.17, 15) is 9.59 Å². The van der Waals surface area contributed by atoms with Gasteiger partial charge in [0.1, 0.15) is 0 Å². The van der Waals surface area contributed by atoms with E-state index >= 15 is 0 Å². The summed E-state index contributed by atoms with van der Waals surface area (Å²) in [4.78, 5) is 23.2. The summed E-state index contributed by atoms with van der Waals surface area (Å²) in [7, 11) is 0. The predicted molar refractivity (Wildman–Crippen MR) is 72.9 cm³/mol. The Bertz CT molecular complexity index is 815. The van der Waals surface area contributed by atoms with Crippen LogP contribution in [-0.2, 0) is 0 Å². The van der Waals surface area contributed by atoms with Crippen LogP contribution in [0.15, 0.2) is 54.7 Å². The quantitative estimate of drug-likeness (QED) is 0.773. The molecule has 1 heterocycles. The first-order valence-electron chi connectivity index (χ1n) is 5.98. The molecule has 3 aromatic rings. The van der Waals surface area contributed by atoms with Gasteiger partial charge in [0, 0.05) is 11.8 Å². The highest BCUT2D eigenvalue weighted by Gasteiger charge is 2.15. The molecular formula is C15H10N2O3. The van der Waals surface area contributed by atoms with Crippen molar-refractivity contribution >= 4 is 22.6 Å². The van der Waals surface area contributed by atoms with Gasteiger partial charge >= 0.3 is 5.97 Å². The van der Waals surface area contributed by atoms with Crippen LogP contribution in [0.2, 0.25) is 0 Å². The zero-order valence-electron chi connectivity index (χ0n) is 10.4. The molecule has 5 heteroatoms. The second-order valence-electron chi connectivity index (χ2n) is 4.28. The maximum Gasteiger partial charge on any atom is 0.356 e. The molecule has 0 aliphatic rings. The molecular weight excluding hydrogens is 256 g/mol. The highest BCUT2D eigenvalue weighted by molar-refractivity contribution is 6.07. The number of carbonyl (C=O) groups is 2. The van der Waals surface area contributed by atoms with Crippen LogP contribution in [0.4, 0.5) is 0 Å². The Kier molecular flexibility index (Phi) is 2.80. The number of hydrogen-bond donors (Lipinski definition) is 1. The van der Waals surface area contributed by atoms with Crippen LogP contribution in [0.5, 0.6) is 0 Å². The molecule has 0 unspecified atom stereocenters. The van der Waals surface area contributed by atoms with Crippen molar-refractivity contribution in [3.05, 3.63) is 66.0 Å². The average Bonchev–Trinajstić information content (AvgIpc) is 2.96. The van der Waals surface area contributed by atoms with Gasteiger partial charge in [0.2, 0.25) is 0 Å². The third-order valence-electron chi connectivity index (χ3n) is 3.04. The molecule has 5 nitrogen and oxygen atoms in total. The van der Waals surface area contributed by atoms with Gasteiger partial charge in [-0.3, -0.25) is 4.79 Å². The molecule has 2 aromatic carbocycles. The number of rotatable bonds is 2. The second kappa shape index (κ2) is 4.62. The summed E-state index contributed by atoms with van der Waals surface area (Å²) in [6, 6.07) is 14.2. The molecule has 0 fully saturated rings. The molecule has 0 bridgehead atoms. The summed E-state index contributed by atoms with van der Waals surface area (Å²) in [6.07, 6.45) is 1.35. The largest absolute Gasteiger partial charge is 0.476 e. The van der Waals surface area contributed by atoms with E-state index in [-0.39, 0.29) is 11.6 Å². The highest BCUT2D eigenvalue weighted by Crippen LogP contribution is 2.19. The zero-order chi connectivity index (χ0) is 14.1. The first kappa shape index (κ1) is 12.1. The van der Waals surface area contributed by atoms with Gasteiger partial charge in [0.25, 0.3) is 5.91 Å². The lowest BCUT2D eigenvalue weighted by molar-refractivity contribution is 0.0689. The lowest BCUT2D eigenvalue weighted by Gasteiger charge is -2.05. The van der Waals surface area contributed by atoms with Crippen LogP contribution in [0.25, 0.3) is 10.8 Å². The Morgan fingerprint density at radius 3 is 2.50 bits per heavy atom. The van der Waals surface area contributed by atoms with E-state index in [1.807, 2.05) is 30.3 Å². The molecule has 20 heavy (non-hydrogen) atoms. The van der Waals surface area contributed by atoms with Crippen molar-refractivity contribution in [1.29, 1.82) is 0 Å². The number of aromatic carboxylic acids is 1. The number of benzene rings is 2. The third kappa shape index (κ3) is 1.95. The van der Waals surface area contributed by atoms with E-state index in [0.717, 1.165) is 15.5 Å². The van der Waals surface area contributed by atoms with Gasteiger partial charge in [0.15, 0.2) is 5.69 Å². The number of hydrogen-bond acceptors (Lipinski definition) is 3. The number of carbonyl (C=O) groups excluding carboxylic acids is 1. The first-order chi connectivity index (χ1) is 9.66. The minimum absolute atomic E-state index is 0.154. The second-order valence-corrected chi connectivity index (χ2v) is 4.28. The maximum absolute atomic E-state index is 12.4. The van der Waals surface area contributed by atoms with Gasteiger partial charge in [-0.25, -0.2) is 9.48 Å².